The molecule has 2 heterocycles. The van der Waals surface area contributed by atoms with Crippen molar-refractivity contribution in [2.24, 2.45) is 0 Å². The van der Waals surface area contributed by atoms with Gasteiger partial charge in [-0.15, -0.1) is 0 Å². The van der Waals surface area contributed by atoms with Crippen LogP contribution in [-0.4, -0.2) is 29.0 Å². The number of fused-ring (bicyclic) bond motifs is 1. The monoisotopic (exact) mass is 415 g/mol. The van der Waals surface area contributed by atoms with E-state index >= 15 is 0 Å². The first-order chi connectivity index (χ1) is 15.0. The van der Waals surface area contributed by atoms with Gasteiger partial charge >= 0.3 is 6.03 Å². The lowest BCUT2D eigenvalue weighted by atomic mass is 10.2. The van der Waals surface area contributed by atoms with Crippen LogP contribution in [0.15, 0.2) is 66.9 Å². The van der Waals surface area contributed by atoms with Crippen molar-refractivity contribution < 1.29 is 14.3 Å². The summed E-state index contributed by atoms with van der Waals surface area (Å²) in [6, 6.07) is 17.5. The number of aromatic nitrogens is 2. The molecule has 8 nitrogen and oxygen atoms in total. The number of ether oxygens (including phenoxy) is 1. The van der Waals surface area contributed by atoms with E-state index in [1.54, 1.807) is 43.4 Å². The molecule has 31 heavy (non-hydrogen) atoms. The maximum Gasteiger partial charge on any atom is 0.323 e. The largest absolute Gasteiger partial charge is 0.457 e. The van der Waals surface area contributed by atoms with Gasteiger partial charge in [0.1, 0.15) is 17.2 Å². The van der Waals surface area contributed by atoms with Crippen molar-refractivity contribution in [2.75, 3.05) is 17.7 Å². The number of rotatable bonds is 5. The number of carbonyl (C=O) groups excluding carboxylic acids is 2. The lowest BCUT2D eigenvalue weighted by Gasteiger charge is -2.10. The van der Waals surface area contributed by atoms with E-state index in [1.807, 2.05) is 31.2 Å². The summed E-state index contributed by atoms with van der Waals surface area (Å²) in [5, 5.41) is 9.17. The second-order valence-electron chi connectivity index (χ2n) is 6.92. The number of nitrogens with zero attached hydrogens (tertiary/aromatic N) is 1. The van der Waals surface area contributed by atoms with Gasteiger partial charge < -0.3 is 25.7 Å². The molecule has 0 saturated carbocycles. The Morgan fingerprint density at radius 1 is 0.903 bits per heavy atom. The highest BCUT2D eigenvalue weighted by atomic mass is 16.5. The minimum absolute atomic E-state index is 0.267. The Kier molecular flexibility index (Phi) is 5.53. The molecule has 4 N–H and O–H groups in total. The molecule has 0 fully saturated rings. The number of aryl methyl sites for hydroxylation is 1. The fourth-order valence-electron chi connectivity index (χ4n) is 3.12. The maximum absolute atomic E-state index is 12.3. The minimum atomic E-state index is -0.343. The number of hydrogen-bond acceptors (Lipinski definition) is 4. The van der Waals surface area contributed by atoms with Gasteiger partial charge in [0.2, 0.25) is 0 Å². The molecule has 4 rings (SSSR count). The SMILES string of the molecule is CNC(=O)c1cc(Oc2ccc(NC(=O)Nc3ccc4[nH]c(C)cc4c3)cc2)ccn1. The fourth-order valence-corrected chi connectivity index (χ4v) is 3.12. The number of pyridine rings is 1. The average molecular weight is 415 g/mol. The van der Waals surface area contributed by atoms with Crippen molar-refractivity contribution in [3.63, 3.8) is 0 Å². The Balaban J connectivity index is 1.37. The third kappa shape index (κ3) is 4.81. The molecule has 4 aromatic rings. The molecule has 0 unspecified atom stereocenters. The van der Waals surface area contributed by atoms with Crippen LogP contribution in [0.3, 0.4) is 0 Å². The van der Waals surface area contributed by atoms with Gasteiger partial charge in [0.15, 0.2) is 0 Å². The predicted molar refractivity (Wildman–Crippen MR) is 120 cm³/mol. The molecular weight excluding hydrogens is 394 g/mol. The summed E-state index contributed by atoms with van der Waals surface area (Å²) in [5.41, 5.74) is 3.67. The van der Waals surface area contributed by atoms with Crippen LogP contribution in [0.25, 0.3) is 10.9 Å². The van der Waals surface area contributed by atoms with Gasteiger partial charge in [0.25, 0.3) is 5.91 Å². The van der Waals surface area contributed by atoms with E-state index in [0.717, 1.165) is 16.6 Å². The molecule has 0 atom stereocenters. The molecule has 0 radical (unpaired) electrons. The predicted octanol–water partition coefficient (Wildman–Crippen LogP) is 4.67. The number of urea groups is 1. The number of amides is 3. The molecule has 0 aliphatic carbocycles. The molecule has 0 aliphatic rings. The van der Waals surface area contributed by atoms with Gasteiger partial charge in [-0.3, -0.25) is 9.78 Å². The lowest BCUT2D eigenvalue weighted by Crippen LogP contribution is -2.19. The number of carbonyl (C=O) groups is 2. The molecule has 0 bridgehead atoms. The minimum Gasteiger partial charge on any atom is -0.457 e. The van der Waals surface area contributed by atoms with E-state index in [4.69, 9.17) is 4.74 Å². The quantitative estimate of drug-likeness (QED) is 0.380. The topological polar surface area (TPSA) is 108 Å². The first-order valence-electron chi connectivity index (χ1n) is 9.63. The molecule has 2 aromatic carbocycles. The summed E-state index contributed by atoms with van der Waals surface area (Å²) in [6.45, 7) is 1.99. The van der Waals surface area contributed by atoms with E-state index in [-0.39, 0.29) is 17.6 Å². The highest BCUT2D eigenvalue weighted by Gasteiger charge is 2.08. The molecule has 0 spiro atoms. The second kappa shape index (κ2) is 8.58. The van der Waals surface area contributed by atoms with Crippen LogP contribution in [0.2, 0.25) is 0 Å². The Bertz CT molecular complexity index is 1250. The van der Waals surface area contributed by atoms with Gasteiger partial charge in [-0.2, -0.15) is 0 Å². The summed E-state index contributed by atoms with van der Waals surface area (Å²) < 4.78 is 5.76. The molecule has 156 valence electrons. The summed E-state index contributed by atoms with van der Waals surface area (Å²) in [7, 11) is 1.54. The normalized spacial score (nSPS) is 10.5. The number of anilines is 2. The van der Waals surface area contributed by atoms with Crippen LogP contribution in [-0.2, 0) is 0 Å². The lowest BCUT2D eigenvalue weighted by molar-refractivity contribution is 0.0958. The number of benzene rings is 2. The van der Waals surface area contributed by atoms with Gasteiger partial charge in [0, 0.05) is 47.3 Å². The van der Waals surface area contributed by atoms with Gasteiger partial charge in [-0.1, -0.05) is 0 Å². The Morgan fingerprint density at radius 3 is 2.42 bits per heavy atom. The summed E-state index contributed by atoms with van der Waals surface area (Å²) >= 11 is 0. The van der Waals surface area contributed by atoms with Crippen molar-refractivity contribution in [2.45, 2.75) is 6.92 Å². The van der Waals surface area contributed by atoms with Gasteiger partial charge in [-0.25, -0.2) is 4.79 Å². The Morgan fingerprint density at radius 2 is 1.65 bits per heavy atom. The summed E-state index contributed by atoms with van der Waals surface area (Å²) in [5.74, 6) is 0.762. The van der Waals surface area contributed by atoms with Crippen LogP contribution < -0.4 is 20.7 Å². The highest BCUT2D eigenvalue weighted by molar-refractivity contribution is 6.01. The van der Waals surface area contributed by atoms with Crippen LogP contribution in [0.5, 0.6) is 11.5 Å². The van der Waals surface area contributed by atoms with E-state index in [1.165, 1.54) is 6.20 Å². The van der Waals surface area contributed by atoms with E-state index in [2.05, 4.69) is 25.9 Å². The first-order valence-corrected chi connectivity index (χ1v) is 9.63. The number of nitrogens with one attached hydrogen (secondary N) is 4. The summed E-state index contributed by atoms with van der Waals surface area (Å²) in [4.78, 5) is 31.3. The van der Waals surface area contributed by atoms with Crippen LogP contribution in [0, 0.1) is 6.92 Å². The third-order valence-electron chi connectivity index (χ3n) is 4.55. The van der Waals surface area contributed by atoms with Crippen molar-refractivity contribution in [1.82, 2.24) is 15.3 Å². The van der Waals surface area contributed by atoms with Crippen molar-refractivity contribution in [3.05, 3.63) is 78.2 Å². The van der Waals surface area contributed by atoms with Crippen LogP contribution in [0.1, 0.15) is 16.2 Å². The molecule has 3 amide bonds. The number of aromatic amines is 1. The zero-order chi connectivity index (χ0) is 21.8. The van der Waals surface area contributed by atoms with Crippen LogP contribution >= 0.6 is 0 Å². The molecule has 0 aliphatic heterocycles. The van der Waals surface area contributed by atoms with Crippen molar-refractivity contribution >= 4 is 34.2 Å². The van der Waals surface area contributed by atoms with E-state index in [9.17, 15) is 9.59 Å². The standard InChI is InChI=1S/C23H21N5O3/c1-14-11-15-12-17(5-8-20(15)26-14)28-23(30)27-16-3-6-18(7-4-16)31-19-9-10-25-21(13-19)22(29)24-2/h3-13,26H,1-2H3,(H,24,29)(H2,27,28,30). The zero-order valence-electron chi connectivity index (χ0n) is 17.0. The average Bonchev–Trinajstić information content (AvgIpc) is 3.14. The highest BCUT2D eigenvalue weighted by Crippen LogP contribution is 2.24. The van der Waals surface area contributed by atoms with Crippen molar-refractivity contribution in [3.8, 4) is 11.5 Å². The summed E-state index contributed by atoms with van der Waals surface area (Å²) in [6.07, 6.45) is 1.51. The van der Waals surface area contributed by atoms with Gasteiger partial charge in [-0.05, 0) is 61.5 Å². The van der Waals surface area contributed by atoms with Gasteiger partial charge in [0.05, 0.1) is 0 Å². The molecule has 8 heteroatoms. The van der Waals surface area contributed by atoms with Crippen molar-refractivity contribution in [1.29, 1.82) is 0 Å². The smallest absolute Gasteiger partial charge is 0.323 e. The third-order valence-corrected chi connectivity index (χ3v) is 4.55. The Labute approximate surface area is 178 Å². The molecular formula is C23H21N5O3. The second-order valence-corrected chi connectivity index (χ2v) is 6.92. The van der Waals surface area contributed by atoms with Crippen LogP contribution in [0.4, 0.5) is 16.2 Å². The first kappa shape index (κ1) is 20.0. The fraction of sp³-hybridized carbons (Fsp3) is 0.0870. The number of hydrogen-bond donors (Lipinski definition) is 4. The Hall–Kier alpha value is -4.33. The number of H-pyrrole nitrogens is 1. The molecule has 2 aromatic heterocycles. The molecule has 0 saturated heterocycles. The maximum atomic E-state index is 12.3. The van der Waals surface area contributed by atoms with E-state index < -0.39 is 0 Å². The zero-order valence-corrected chi connectivity index (χ0v) is 17.0. The van der Waals surface area contributed by atoms with E-state index in [0.29, 0.717) is 22.9 Å².